The van der Waals surface area contributed by atoms with Gasteiger partial charge in [-0.1, -0.05) is 18.2 Å². The Morgan fingerprint density at radius 3 is 2.87 bits per heavy atom. The lowest BCUT2D eigenvalue weighted by Gasteiger charge is -2.18. The van der Waals surface area contributed by atoms with E-state index >= 15 is 0 Å². The van der Waals surface area contributed by atoms with E-state index in [4.69, 9.17) is 14.2 Å². The highest BCUT2D eigenvalue weighted by atomic mass is 16.5. The van der Waals surface area contributed by atoms with Crippen LogP contribution in [0.5, 0.6) is 11.5 Å². The van der Waals surface area contributed by atoms with E-state index in [9.17, 15) is 9.59 Å². The maximum absolute atomic E-state index is 12.4. The molecule has 7 heteroatoms. The van der Waals surface area contributed by atoms with Gasteiger partial charge in [-0.3, -0.25) is 9.59 Å². The number of aromatic nitrogens is 1. The van der Waals surface area contributed by atoms with E-state index in [1.165, 1.54) is 6.07 Å². The van der Waals surface area contributed by atoms with Crippen LogP contribution in [0.15, 0.2) is 47.3 Å². The monoisotopic (exact) mass is 408 g/mol. The van der Waals surface area contributed by atoms with Crippen LogP contribution in [0, 0.1) is 0 Å². The summed E-state index contributed by atoms with van der Waals surface area (Å²) in [5.41, 5.74) is 2.55. The number of methoxy groups -OCH3 is 1. The molecule has 1 amide bonds. The molecule has 7 nitrogen and oxygen atoms in total. The molecule has 2 heterocycles. The van der Waals surface area contributed by atoms with Crippen LogP contribution in [0.4, 0.5) is 5.69 Å². The van der Waals surface area contributed by atoms with E-state index in [2.05, 4.69) is 10.3 Å². The number of pyridine rings is 1. The first kappa shape index (κ1) is 20.0. The Morgan fingerprint density at radius 2 is 2.07 bits per heavy atom. The molecule has 1 aliphatic rings. The highest BCUT2D eigenvalue weighted by molar-refractivity contribution is 5.94. The summed E-state index contributed by atoms with van der Waals surface area (Å²) in [5, 5.41) is 3.67. The summed E-state index contributed by atoms with van der Waals surface area (Å²) in [6.45, 7) is 4.22. The number of carbonyl (C=O) groups is 1. The number of amides is 1. The van der Waals surface area contributed by atoms with Gasteiger partial charge >= 0.3 is 0 Å². The molecule has 0 bridgehead atoms. The number of ether oxygens (including phenoxy) is 3. The quantitative estimate of drug-likeness (QED) is 0.652. The van der Waals surface area contributed by atoms with Gasteiger partial charge in [0, 0.05) is 36.2 Å². The van der Waals surface area contributed by atoms with Crippen LogP contribution in [-0.4, -0.2) is 30.2 Å². The fourth-order valence-electron chi connectivity index (χ4n) is 3.73. The minimum Gasteiger partial charge on any atom is -0.483 e. The number of nitrogens with one attached hydrogen (secondary N) is 2. The zero-order valence-corrected chi connectivity index (χ0v) is 17.2. The second-order valence-corrected chi connectivity index (χ2v) is 7.97. The van der Waals surface area contributed by atoms with Gasteiger partial charge in [-0.2, -0.15) is 0 Å². The topological polar surface area (TPSA) is 89.7 Å². The summed E-state index contributed by atoms with van der Waals surface area (Å²) in [6.07, 6.45) is 0.798. The number of hydrogen-bond acceptors (Lipinski definition) is 5. The van der Waals surface area contributed by atoms with Gasteiger partial charge < -0.3 is 24.5 Å². The molecule has 0 saturated heterocycles. The summed E-state index contributed by atoms with van der Waals surface area (Å²) in [4.78, 5) is 27.1. The van der Waals surface area contributed by atoms with E-state index in [0.717, 1.165) is 22.9 Å². The van der Waals surface area contributed by atoms with E-state index < -0.39 is 0 Å². The van der Waals surface area contributed by atoms with Gasteiger partial charge in [0.25, 0.3) is 5.91 Å². The maximum Gasteiger partial charge on any atom is 0.262 e. The molecular formula is C23H24N2O5. The smallest absolute Gasteiger partial charge is 0.262 e. The van der Waals surface area contributed by atoms with Gasteiger partial charge in [0.1, 0.15) is 5.60 Å². The summed E-state index contributed by atoms with van der Waals surface area (Å²) >= 11 is 0. The molecular weight excluding hydrogens is 384 g/mol. The van der Waals surface area contributed by atoms with Crippen LogP contribution >= 0.6 is 0 Å². The summed E-state index contributed by atoms with van der Waals surface area (Å²) in [6, 6.07) is 12.6. The van der Waals surface area contributed by atoms with Crippen molar-refractivity contribution in [3.8, 4) is 11.5 Å². The molecule has 2 N–H and O–H groups in total. The van der Waals surface area contributed by atoms with E-state index in [1.807, 2.05) is 32.0 Å². The number of carbonyl (C=O) groups excluding carboxylic acids is 1. The number of aromatic amines is 1. The predicted octanol–water partition coefficient (Wildman–Crippen LogP) is 3.41. The zero-order valence-electron chi connectivity index (χ0n) is 17.2. The van der Waals surface area contributed by atoms with Crippen molar-refractivity contribution in [2.75, 3.05) is 19.0 Å². The first-order valence-corrected chi connectivity index (χ1v) is 9.73. The maximum atomic E-state index is 12.4. The highest BCUT2D eigenvalue weighted by Gasteiger charge is 2.32. The van der Waals surface area contributed by atoms with Gasteiger partial charge in [-0.25, -0.2) is 0 Å². The average molecular weight is 408 g/mol. The number of hydrogen-bond donors (Lipinski definition) is 2. The molecule has 30 heavy (non-hydrogen) atoms. The molecule has 0 saturated carbocycles. The lowest BCUT2D eigenvalue weighted by molar-refractivity contribution is -0.118. The Kier molecular flexibility index (Phi) is 5.22. The largest absolute Gasteiger partial charge is 0.483 e. The number of benzene rings is 2. The fraction of sp³-hybridized carbons (Fsp3) is 0.304. The number of H-pyrrole nitrogens is 1. The lowest BCUT2D eigenvalue weighted by Crippen LogP contribution is -2.25. The molecule has 156 valence electrons. The van der Waals surface area contributed by atoms with Crippen LogP contribution in [0.1, 0.15) is 25.0 Å². The molecule has 0 unspecified atom stereocenters. The van der Waals surface area contributed by atoms with Gasteiger partial charge in [-0.15, -0.1) is 0 Å². The van der Waals surface area contributed by atoms with Crippen molar-refractivity contribution >= 4 is 22.5 Å². The highest BCUT2D eigenvalue weighted by Crippen LogP contribution is 2.41. The Morgan fingerprint density at radius 1 is 1.23 bits per heavy atom. The number of rotatable bonds is 6. The third-order valence-electron chi connectivity index (χ3n) is 4.93. The van der Waals surface area contributed by atoms with Crippen molar-refractivity contribution in [2.24, 2.45) is 0 Å². The number of fused-ring (bicyclic) bond motifs is 2. The van der Waals surface area contributed by atoms with Crippen LogP contribution in [0.3, 0.4) is 0 Å². The van der Waals surface area contributed by atoms with Crippen LogP contribution < -0.4 is 20.3 Å². The van der Waals surface area contributed by atoms with Gasteiger partial charge in [0.2, 0.25) is 5.56 Å². The molecule has 2 aromatic carbocycles. The Bertz CT molecular complexity index is 1170. The summed E-state index contributed by atoms with van der Waals surface area (Å²) in [7, 11) is 1.58. The molecule has 1 aliphatic heterocycles. The molecule has 0 radical (unpaired) electrons. The second kappa shape index (κ2) is 7.84. The summed E-state index contributed by atoms with van der Waals surface area (Å²) in [5.74, 6) is 0.948. The van der Waals surface area contributed by atoms with Crippen molar-refractivity contribution in [1.29, 1.82) is 0 Å². The normalized spacial score (nSPS) is 14.2. The van der Waals surface area contributed by atoms with Crippen molar-refractivity contribution < 1.29 is 19.0 Å². The molecule has 0 aliphatic carbocycles. The molecule has 1 aromatic heterocycles. The van der Waals surface area contributed by atoms with Gasteiger partial charge in [-0.05, 0) is 37.6 Å². The lowest BCUT2D eigenvalue weighted by atomic mass is 10.0. The van der Waals surface area contributed by atoms with Crippen LogP contribution in [0.25, 0.3) is 10.9 Å². The minimum atomic E-state index is -0.306. The molecule has 4 rings (SSSR count). The van der Waals surface area contributed by atoms with Gasteiger partial charge in [0.05, 0.1) is 12.1 Å². The van der Waals surface area contributed by atoms with Crippen molar-refractivity contribution in [2.45, 2.75) is 32.5 Å². The van der Waals surface area contributed by atoms with Crippen molar-refractivity contribution in [3.05, 3.63) is 63.9 Å². The van der Waals surface area contributed by atoms with Crippen LogP contribution in [0.2, 0.25) is 0 Å². The van der Waals surface area contributed by atoms with Crippen LogP contribution in [-0.2, 0) is 22.6 Å². The predicted molar refractivity (Wildman–Crippen MR) is 114 cm³/mol. The molecule has 0 spiro atoms. The Balaban J connectivity index is 1.46. The minimum absolute atomic E-state index is 0.154. The van der Waals surface area contributed by atoms with Crippen molar-refractivity contribution in [1.82, 2.24) is 4.98 Å². The molecule has 0 fully saturated rings. The fourth-order valence-corrected chi connectivity index (χ4v) is 3.73. The van der Waals surface area contributed by atoms with Gasteiger partial charge in [0.15, 0.2) is 18.1 Å². The number of anilines is 1. The van der Waals surface area contributed by atoms with Crippen molar-refractivity contribution in [3.63, 3.8) is 0 Å². The average Bonchev–Trinajstić information content (AvgIpc) is 3.00. The molecule has 3 aromatic rings. The first-order valence-electron chi connectivity index (χ1n) is 9.73. The first-order chi connectivity index (χ1) is 14.3. The molecule has 0 atom stereocenters. The Labute approximate surface area is 174 Å². The zero-order chi connectivity index (χ0) is 21.3. The van der Waals surface area contributed by atoms with E-state index in [1.54, 1.807) is 25.3 Å². The third kappa shape index (κ3) is 4.16. The number of para-hydroxylation sites is 1. The third-order valence-corrected chi connectivity index (χ3v) is 4.93. The summed E-state index contributed by atoms with van der Waals surface area (Å²) < 4.78 is 16.8. The second-order valence-electron chi connectivity index (χ2n) is 7.97. The van der Waals surface area contributed by atoms with E-state index in [-0.39, 0.29) is 23.7 Å². The van der Waals surface area contributed by atoms with E-state index in [0.29, 0.717) is 29.3 Å². The SMILES string of the molecule is COCc1cc(=O)[nH]c2cc(NC(=O)COc3cccc4c3OC(C)(C)C4)ccc12. The standard InChI is InChI=1S/C23H24N2O5/c1-23(2)11-14-5-4-6-19(22(14)30-23)29-13-21(27)24-16-7-8-17-15(12-28-3)9-20(26)25-18(17)10-16/h4-10H,11-13H2,1-3H3,(H,24,27)(H,25,26). The Hall–Kier alpha value is -3.32.